The van der Waals surface area contributed by atoms with Crippen molar-refractivity contribution in [3.8, 4) is 0 Å². The van der Waals surface area contributed by atoms with E-state index in [0.29, 0.717) is 10.8 Å². The van der Waals surface area contributed by atoms with Gasteiger partial charge in [-0.2, -0.15) is 0 Å². The maximum Gasteiger partial charge on any atom is 0.0609 e. The van der Waals surface area contributed by atoms with Crippen molar-refractivity contribution in [2.75, 3.05) is 0 Å². The van der Waals surface area contributed by atoms with E-state index in [1.165, 1.54) is 25.7 Å². The van der Waals surface area contributed by atoms with E-state index in [1.807, 2.05) is 0 Å². The van der Waals surface area contributed by atoms with E-state index in [9.17, 15) is 5.11 Å². The van der Waals surface area contributed by atoms with Gasteiger partial charge in [0.15, 0.2) is 0 Å². The lowest BCUT2D eigenvalue weighted by Crippen LogP contribution is -2.32. The maximum absolute atomic E-state index is 9.31. The van der Waals surface area contributed by atoms with Gasteiger partial charge in [0, 0.05) is 5.41 Å². The molecule has 0 bridgehead atoms. The fraction of sp³-hybridized carbons (Fsp3) is 1.00. The largest absolute Gasteiger partial charge is 0.393 e. The van der Waals surface area contributed by atoms with Crippen LogP contribution in [0.5, 0.6) is 0 Å². The molecule has 2 spiro atoms. The highest BCUT2D eigenvalue weighted by Gasteiger charge is 2.75. The molecule has 3 aliphatic carbocycles. The van der Waals surface area contributed by atoms with Crippen LogP contribution in [0.3, 0.4) is 0 Å². The topological polar surface area (TPSA) is 20.2 Å². The second-order valence-corrected chi connectivity index (χ2v) is 4.16. The van der Waals surface area contributed by atoms with Crippen molar-refractivity contribution in [1.29, 1.82) is 0 Å². The monoisotopic (exact) mass is 124 g/mol. The van der Waals surface area contributed by atoms with E-state index < -0.39 is 0 Å². The SMILES string of the molecule is OC1CC12CCC21CC1. The van der Waals surface area contributed by atoms with Crippen molar-refractivity contribution in [1.82, 2.24) is 0 Å². The van der Waals surface area contributed by atoms with Gasteiger partial charge in [0.25, 0.3) is 0 Å². The number of rotatable bonds is 0. The van der Waals surface area contributed by atoms with Gasteiger partial charge in [-0.25, -0.2) is 0 Å². The fourth-order valence-electron chi connectivity index (χ4n) is 2.82. The molecule has 3 fully saturated rings. The fourth-order valence-corrected chi connectivity index (χ4v) is 2.82. The van der Waals surface area contributed by atoms with Crippen LogP contribution in [0, 0.1) is 10.8 Å². The summed E-state index contributed by atoms with van der Waals surface area (Å²) in [5.41, 5.74) is 1.19. The van der Waals surface area contributed by atoms with Crippen molar-refractivity contribution in [2.24, 2.45) is 10.8 Å². The van der Waals surface area contributed by atoms with Crippen LogP contribution in [0.4, 0.5) is 0 Å². The summed E-state index contributed by atoms with van der Waals surface area (Å²) in [6.07, 6.45) is 6.83. The molecule has 3 aliphatic rings. The first-order chi connectivity index (χ1) is 4.29. The van der Waals surface area contributed by atoms with Gasteiger partial charge in [0.05, 0.1) is 6.10 Å². The van der Waals surface area contributed by atoms with Crippen molar-refractivity contribution in [3.63, 3.8) is 0 Å². The molecule has 1 nitrogen and oxygen atoms in total. The Morgan fingerprint density at radius 1 is 1.11 bits per heavy atom. The van der Waals surface area contributed by atoms with Gasteiger partial charge in [-0.1, -0.05) is 0 Å². The Kier molecular flexibility index (Phi) is 0.508. The van der Waals surface area contributed by atoms with E-state index in [4.69, 9.17) is 0 Å². The van der Waals surface area contributed by atoms with Crippen LogP contribution in [0.1, 0.15) is 32.1 Å². The first kappa shape index (κ1) is 4.73. The maximum atomic E-state index is 9.31. The summed E-state index contributed by atoms with van der Waals surface area (Å²) in [4.78, 5) is 0. The predicted octanol–water partition coefficient (Wildman–Crippen LogP) is 1.31. The minimum atomic E-state index is 0.105. The molecule has 0 heterocycles. The highest BCUT2D eigenvalue weighted by atomic mass is 16.3. The van der Waals surface area contributed by atoms with E-state index >= 15 is 0 Å². The Morgan fingerprint density at radius 2 is 1.67 bits per heavy atom. The molecule has 3 rings (SSSR count). The lowest BCUT2D eigenvalue weighted by molar-refractivity contribution is 0.0602. The number of hydrogen-bond donors (Lipinski definition) is 1. The molecule has 0 amide bonds. The van der Waals surface area contributed by atoms with Crippen LogP contribution in [-0.4, -0.2) is 11.2 Å². The van der Waals surface area contributed by atoms with Gasteiger partial charge in [-0.15, -0.1) is 0 Å². The van der Waals surface area contributed by atoms with Crippen molar-refractivity contribution < 1.29 is 5.11 Å². The lowest BCUT2D eigenvalue weighted by Gasteiger charge is -2.38. The van der Waals surface area contributed by atoms with Gasteiger partial charge in [0.2, 0.25) is 0 Å². The van der Waals surface area contributed by atoms with Crippen molar-refractivity contribution in [3.05, 3.63) is 0 Å². The quantitative estimate of drug-likeness (QED) is 0.516. The van der Waals surface area contributed by atoms with Crippen LogP contribution in [-0.2, 0) is 0 Å². The van der Waals surface area contributed by atoms with Gasteiger partial charge in [-0.05, 0) is 37.5 Å². The second kappa shape index (κ2) is 0.968. The van der Waals surface area contributed by atoms with Crippen LogP contribution >= 0.6 is 0 Å². The predicted molar refractivity (Wildman–Crippen MR) is 34.0 cm³/mol. The minimum Gasteiger partial charge on any atom is -0.393 e. The molecule has 3 saturated carbocycles. The zero-order chi connectivity index (χ0) is 6.11. The minimum absolute atomic E-state index is 0.105. The standard InChI is InChI=1S/C8H12O/c9-6-5-8(6)4-3-7(8)1-2-7/h6,9H,1-5H2. The average Bonchev–Trinajstić information content (AvgIpc) is 2.52. The Bertz CT molecular complexity index is 167. The molecule has 0 saturated heterocycles. The van der Waals surface area contributed by atoms with Crippen LogP contribution in [0.15, 0.2) is 0 Å². The van der Waals surface area contributed by atoms with Gasteiger partial charge < -0.3 is 5.11 Å². The van der Waals surface area contributed by atoms with E-state index in [0.717, 1.165) is 6.42 Å². The Morgan fingerprint density at radius 3 is 1.78 bits per heavy atom. The molecule has 2 unspecified atom stereocenters. The summed E-state index contributed by atoms with van der Waals surface area (Å²) in [5.74, 6) is 0. The molecular formula is C8H12O. The summed E-state index contributed by atoms with van der Waals surface area (Å²) in [7, 11) is 0. The molecule has 9 heavy (non-hydrogen) atoms. The summed E-state index contributed by atoms with van der Waals surface area (Å²) >= 11 is 0. The number of aliphatic hydroxyl groups excluding tert-OH is 1. The van der Waals surface area contributed by atoms with Crippen LogP contribution in [0.25, 0.3) is 0 Å². The molecule has 0 aromatic rings. The number of hydrogen-bond acceptors (Lipinski definition) is 1. The van der Waals surface area contributed by atoms with Crippen molar-refractivity contribution in [2.45, 2.75) is 38.2 Å². The summed E-state index contributed by atoms with van der Waals surface area (Å²) in [6, 6.07) is 0. The van der Waals surface area contributed by atoms with E-state index in [-0.39, 0.29) is 6.10 Å². The van der Waals surface area contributed by atoms with Gasteiger partial charge in [-0.3, -0.25) is 0 Å². The third-order valence-electron chi connectivity index (χ3n) is 3.99. The first-order valence-electron chi connectivity index (χ1n) is 3.97. The van der Waals surface area contributed by atoms with Gasteiger partial charge >= 0.3 is 0 Å². The Hall–Kier alpha value is -0.0400. The van der Waals surface area contributed by atoms with Crippen molar-refractivity contribution >= 4 is 0 Å². The van der Waals surface area contributed by atoms with Gasteiger partial charge in [0.1, 0.15) is 0 Å². The Labute approximate surface area is 55.1 Å². The van der Waals surface area contributed by atoms with E-state index in [1.54, 1.807) is 0 Å². The average molecular weight is 124 g/mol. The number of aliphatic hydroxyl groups is 1. The smallest absolute Gasteiger partial charge is 0.0609 e. The molecular weight excluding hydrogens is 112 g/mol. The van der Waals surface area contributed by atoms with E-state index in [2.05, 4.69) is 0 Å². The third kappa shape index (κ3) is 0.315. The second-order valence-electron chi connectivity index (χ2n) is 4.16. The summed E-state index contributed by atoms with van der Waals surface area (Å²) in [6.45, 7) is 0. The lowest BCUT2D eigenvalue weighted by atomic mass is 9.66. The third-order valence-corrected chi connectivity index (χ3v) is 3.99. The number of fused-ring (bicyclic) bond motifs is 1. The highest BCUT2D eigenvalue weighted by Crippen LogP contribution is 2.81. The van der Waals surface area contributed by atoms with Crippen LogP contribution < -0.4 is 0 Å². The molecule has 0 radical (unpaired) electrons. The summed E-state index contributed by atoms with van der Waals surface area (Å²) < 4.78 is 0. The molecule has 2 atom stereocenters. The molecule has 0 aromatic carbocycles. The molecule has 1 heteroatoms. The zero-order valence-electron chi connectivity index (χ0n) is 5.56. The zero-order valence-corrected chi connectivity index (χ0v) is 5.56. The summed E-state index contributed by atoms with van der Waals surface area (Å²) in [5, 5.41) is 9.31. The first-order valence-corrected chi connectivity index (χ1v) is 3.97. The normalized spacial score (nSPS) is 57.7. The molecule has 0 aliphatic heterocycles. The molecule has 0 aromatic heterocycles. The Balaban J connectivity index is 1.95. The molecule has 1 N–H and O–H groups in total. The highest BCUT2D eigenvalue weighted by molar-refractivity contribution is 5.25. The molecule has 50 valence electrons. The van der Waals surface area contributed by atoms with Crippen LogP contribution in [0.2, 0.25) is 0 Å².